The maximum atomic E-state index is 12.5. The van der Waals surface area contributed by atoms with Crippen molar-refractivity contribution in [1.29, 1.82) is 0 Å². The third-order valence-electron chi connectivity index (χ3n) is 4.54. The fraction of sp³-hybridized carbons (Fsp3) is 0.312. The Kier molecular flexibility index (Phi) is 3.18. The molecule has 0 spiro atoms. The number of imide groups is 1. The van der Waals surface area contributed by atoms with E-state index in [-0.39, 0.29) is 17.2 Å². The van der Waals surface area contributed by atoms with Crippen molar-refractivity contribution in [2.45, 2.75) is 25.1 Å². The van der Waals surface area contributed by atoms with Crippen LogP contribution in [0.4, 0.5) is 13.2 Å². The first kappa shape index (κ1) is 15.7. The number of carbonyl (C=O) groups is 3. The molecule has 2 saturated heterocycles. The number of carbonyl (C=O) groups excluding carboxylic acids is 3. The molecule has 9 heteroatoms. The van der Waals surface area contributed by atoms with Crippen LogP contribution in [0.15, 0.2) is 35.6 Å². The number of alkyl halides is 3. The summed E-state index contributed by atoms with van der Waals surface area (Å²) in [6, 6.07) is 3.49. The number of hydrogen-bond donors (Lipinski definition) is 1. The Morgan fingerprint density at radius 3 is 2.48 bits per heavy atom. The molecule has 4 rings (SSSR count). The summed E-state index contributed by atoms with van der Waals surface area (Å²) in [4.78, 5) is 36.9. The average Bonchev–Trinajstić information content (AvgIpc) is 3.24. The Hall–Kier alpha value is -2.84. The average molecular weight is 352 g/mol. The van der Waals surface area contributed by atoms with Crippen LogP contribution >= 0.6 is 0 Å². The number of rotatable bonds is 2. The summed E-state index contributed by atoms with van der Waals surface area (Å²) in [6.07, 6.45) is -3.67. The van der Waals surface area contributed by atoms with Gasteiger partial charge < -0.3 is 4.74 Å². The molecule has 1 aromatic rings. The van der Waals surface area contributed by atoms with Crippen molar-refractivity contribution in [2.75, 3.05) is 0 Å². The molecule has 2 unspecified atom stereocenters. The minimum atomic E-state index is -4.51. The van der Waals surface area contributed by atoms with Crippen molar-refractivity contribution in [3.05, 3.63) is 46.7 Å². The molecule has 0 aliphatic carbocycles. The zero-order valence-corrected chi connectivity index (χ0v) is 12.6. The molecular weight excluding hydrogens is 341 g/mol. The number of benzene rings is 1. The van der Waals surface area contributed by atoms with E-state index in [0.717, 1.165) is 24.3 Å². The van der Waals surface area contributed by atoms with Gasteiger partial charge in [-0.25, -0.2) is 0 Å². The van der Waals surface area contributed by atoms with Gasteiger partial charge in [0, 0.05) is 12.0 Å². The number of hydrogen-bond acceptors (Lipinski definition) is 4. The lowest BCUT2D eigenvalue weighted by Crippen LogP contribution is -2.47. The van der Waals surface area contributed by atoms with E-state index in [0.29, 0.717) is 23.6 Å². The predicted octanol–water partition coefficient (Wildman–Crippen LogP) is 1.78. The Labute approximate surface area is 139 Å². The molecule has 3 amide bonds. The molecule has 25 heavy (non-hydrogen) atoms. The molecule has 0 aromatic heterocycles. The third kappa shape index (κ3) is 2.30. The van der Waals surface area contributed by atoms with Gasteiger partial charge in [0.25, 0.3) is 17.7 Å². The molecule has 0 radical (unpaired) electrons. The zero-order chi connectivity index (χ0) is 17.9. The van der Waals surface area contributed by atoms with Crippen molar-refractivity contribution >= 4 is 17.7 Å². The lowest BCUT2D eigenvalue weighted by atomic mass is 9.89. The normalized spacial score (nSPS) is 24.7. The fourth-order valence-corrected chi connectivity index (χ4v) is 3.34. The van der Waals surface area contributed by atoms with Gasteiger partial charge in [-0.2, -0.15) is 18.2 Å². The lowest BCUT2D eigenvalue weighted by molar-refractivity contribution is -0.143. The second-order valence-electron chi connectivity index (χ2n) is 6.00. The van der Waals surface area contributed by atoms with Gasteiger partial charge in [0.15, 0.2) is 0 Å². The highest BCUT2D eigenvalue weighted by Crippen LogP contribution is 2.46. The second kappa shape index (κ2) is 5.08. The molecule has 2 bridgehead atoms. The second-order valence-corrected chi connectivity index (χ2v) is 6.00. The van der Waals surface area contributed by atoms with Crippen LogP contribution in [-0.2, 0) is 20.5 Å². The summed E-state index contributed by atoms with van der Waals surface area (Å²) >= 11 is 0. The van der Waals surface area contributed by atoms with Crippen LogP contribution in [0, 0.1) is 5.92 Å². The Morgan fingerprint density at radius 1 is 1.20 bits per heavy atom. The van der Waals surface area contributed by atoms with Gasteiger partial charge in [-0.1, -0.05) is 0 Å². The van der Waals surface area contributed by atoms with Gasteiger partial charge >= 0.3 is 6.18 Å². The predicted molar refractivity (Wildman–Crippen MR) is 75.4 cm³/mol. The standard InChI is InChI=1S/C16H11F3N2O4/c17-16(18,19)8-3-1-7(2-4-8)13(22)20-21-14(23)11-9-5-6-10(25-9)12(11)15(21)24/h1-4,9,11H,5-6H2,(H,20,22). The molecular formula is C16H11F3N2O4. The number of allylic oxidation sites excluding steroid dienone is 1. The van der Waals surface area contributed by atoms with E-state index in [9.17, 15) is 27.6 Å². The lowest BCUT2D eigenvalue weighted by Gasteiger charge is -2.17. The first-order valence-electron chi connectivity index (χ1n) is 7.53. The monoisotopic (exact) mass is 352 g/mol. The van der Waals surface area contributed by atoms with E-state index in [1.807, 2.05) is 0 Å². The maximum Gasteiger partial charge on any atom is 0.416 e. The van der Waals surface area contributed by atoms with E-state index >= 15 is 0 Å². The zero-order valence-electron chi connectivity index (χ0n) is 12.6. The number of fused-ring (bicyclic) bond motifs is 4. The molecule has 2 atom stereocenters. The first-order valence-corrected chi connectivity index (χ1v) is 7.53. The van der Waals surface area contributed by atoms with Crippen LogP contribution in [0.1, 0.15) is 28.8 Å². The first-order chi connectivity index (χ1) is 11.8. The summed E-state index contributed by atoms with van der Waals surface area (Å²) in [5.41, 5.74) is 1.46. The number of nitrogens with one attached hydrogen (secondary N) is 1. The largest absolute Gasteiger partial charge is 0.493 e. The number of halogens is 3. The van der Waals surface area contributed by atoms with E-state index in [2.05, 4.69) is 5.43 Å². The van der Waals surface area contributed by atoms with Crippen molar-refractivity contribution in [1.82, 2.24) is 10.4 Å². The molecule has 130 valence electrons. The topological polar surface area (TPSA) is 75.7 Å². The Bertz CT molecular complexity index is 829. The highest BCUT2D eigenvalue weighted by atomic mass is 19.4. The van der Waals surface area contributed by atoms with Crippen LogP contribution in [0.25, 0.3) is 0 Å². The van der Waals surface area contributed by atoms with Crippen LogP contribution in [0.2, 0.25) is 0 Å². The summed E-state index contributed by atoms with van der Waals surface area (Å²) in [6.45, 7) is 0. The van der Waals surface area contributed by atoms with E-state index < -0.39 is 35.4 Å². The number of nitrogens with zero attached hydrogens (tertiary/aromatic N) is 1. The molecule has 1 aromatic carbocycles. The maximum absolute atomic E-state index is 12.5. The van der Waals surface area contributed by atoms with Gasteiger partial charge in [-0.05, 0) is 30.7 Å². The van der Waals surface area contributed by atoms with Gasteiger partial charge in [-0.15, -0.1) is 0 Å². The van der Waals surface area contributed by atoms with E-state index in [1.54, 1.807) is 0 Å². The summed E-state index contributed by atoms with van der Waals surface area (Å²) < 4.78 is 43.1. The molecule has 6 nitrogen and oxygen atoms in total. The van der Waals surface area contributed by atoms with Crippen molar-refractivity contribution in [3.8, 4) is 0 Å². The van der Waals surface area contributed by atoms with Crippen molar-refractivity contribution in [3.63, 3.8) is 0 Å². The van der Waals surface area contributed by atoms with Crippen LogP contribution in [0.3, 0.4) is 0 Å². The highest BCUT2D eigenvalue weighted by Gasteiger charge is 2.57. The molecule has 3 aliphatic rings. The van der Waals surface area contributed by atoms with Gasteiger partial charge in [0.2, 0.25) is 0 Å². The highest BCUT2D eigenvalue weighted by molar-refractivity contribution is 6.17. The molecule has 1 N–H and O–H groups in total. The molecule has 2 fully saturated rings. The number of hydrazine groups is 1. The molecule has 0 saturated carbocycles. The quantitative estimate of drug-likeness (QED) is 0.824. The minimum absolute atomic E-state index is 0.0949. The minimum Gasteiger partial charge on any atom is -0.493 e. The SMILES string of the molecule is O=C(NN1C(=O)C2=C3CCC(O3)C2C1=O)c1ccc(C(F)(F)F)cc1. The Balaban J connectivity index is 1.53. The molecule has 3 aliphatic heterocycles. The van der Waals surface area contributed by atoms with Crippen molar-refractivity contribution in [2.24, 2.45) is 5.92 Å². The van der Waals surface area contributed by atoms with Gasteiger partial charge in [0.05, 0.1) is 11.1 Å². The molecule has 3 heterocycles. The summed E-state index contributed by atoms with van der Waals surface area (Å²) in [7, 11) is 0. The van der Waals surface area contributed by atoms with Crippen LogP contribution < -0.4 is 5.43 Å². The third-order valence-corrected chi connectivity index (χ3v) is 4.54. The smallest absolute Gasteiger partial charge is 0.416 e. The summed E-state index contributed by atoms with van der Waals surface area (Å²) in [5.74, 6) is -2.29. The van der Waals surface area contributed by atoms with Crippen LogP contribution in [0.5, 0.6) is 0 Å². The number of amides is 3. The van der Waals surface area contributed by atoms with Gasteiger partial charge in [0.1, 0.15) is 17.8 Å². The van der Waals surface area contributed by atoms with Crippen LogP contribution in [-0.4, -0.2) is 28.8 Å². The fourth-order valence-electron chi connectivity index (χ4n) is 3.34. The van der Waals surface area contributed by atoms with Crippen molar-refractivity contribution < 1.29 is 32.3 Å². The Morgan fingerprint density at radius 2 is 1.88 bits per heavy atom. The number of ether oxygens (including phenoxy) is 1. The van der Waals surface area contributed by atoms with E-state index in [4.69, 9.17) is 4.74 Å². The van der Waals surface area contributed by atoms with Gasteiger partial charge in [-0.3, -0.25) is 19.8 Å². The van der Waals surface area contributed by atoms with E-state index in [1.165, 1.54) is 0 Å². The summed E-state index contributed by atoms with van der Waals surface area (Å²) in [5, 5.41) is 0.626.